The monoisotopic (exact) mass is 463 g/mol. The number of hydrogen-bond acceptors (Lipinski definition) is 5. The van der Waals surface area contributed by atoms with Crippen LogP contribution in [-0.2, 0) is 14.3 Å². The molecule has 5 rings (SSSR count). The second-order valence-electron chi connectivity index (χ2n) is 9.03. The van der Waals surface area contributed by atoms with Gasteiger partial charge in [0, 0.05) is 4.32 Å². The molecule has 2 unspecified atom stereocenters. The second-order valence-corrected chi connectivity index (χ2v) is 10.7. The molecule has 0 aromatic heterocycles. The van der Waals surface area contributed by atoms with Crippen LogP contribution in [-0.4, -0.2) is 35.8 Å². The summed E-state index contributed by atoms with van der Waals surface area (Å²) in [5, 5.41) is 2.25. The third kappa shape index (κ3) is 4.34. The second kappa shape index (κ2) is 7.74. The maximum atomic E-state index is 12.5. The highest BCUT2D eigenvalue weighted by Gasteiger charge is 2.57. The number of alkyl halides is 1. The van der Waals surface area contributed by atoms with Crippen molar-refractivity contribution in [2.45, 2.75) is 49.3 Å². The van der Waals surface area contributed by atoms with Crippen molar-refractivity contribution in [1.29, 1.82) is 0 Å². The number of nitrogens with one attached hydrogen (secondary N) is 1. The lowest BCUT2D eigenvalue weighted by atomic mass is 9.49. The molecule has 1 aromatic carbocycles. The number of ether oxygens (including phenoxy) is 2. The molecule has 6 nitrogen and oxygen atoms in total. The Morgan fingerprint density at radius 1 is 1.14 bits per heavy atom. The van der Waals surface area contributed by atoms with Gasteiger partial charge in [0.2, 0.25) is 0 Å². The van der Waals surface area contributed by atoms with E-state index in [4.69, 9.17) is 9.47 Å². The highest BCUT2D eigenvalue weighted by atomic mass is 79.9. The first-order valence-electron chi connectivity index (χ1n) is 10.1. The molecule has 0 heterocycles. The quantitative estimate of drug-likeness (QED) is 0.514. The highest BCUT2D eigenvalue weighted by molar-refractivity contribution is 9.10. The van der Waals surface area contributed by atoms with Crippen LogP contribution in [0.3, 0.4) is 0 Å². The van der Waals surface area contributed by atoms with E-state index < -0.39 is 18.4 Å². The van der Waals surface area contributed by atoms with Crippen molar-refractivity contribution >= 4 is 33.7 Å². The lowest BCUT2D eigenvalue weighted by molar-refractivity contribution is -0.154. The van der Waals surface area contributed by atoms with Crippen LogP contribution in [0.2, 0.25) is 0 Å². The standard InChI is InChI=1S/C22H26BrNO5/c1-28-17-5-3-2-4-16(17)20(27)24-18(25)12-29-19(26)11-21-7-14-6-15(8-21)10-22(23,9-14)13-21/h2-5,14-15H,6-13H2,1H3,(H,24,25,27). The fourth-order valence-electron chi connectivity index (χ4n) is 6.11. The Kier molecular flexibility index (Phi) is 5.44. The van der Waals surface area contributed by atoms with Crippen LogP contribution >= 0.6 is 15.9 Å². The van der Waals surface area contributed by atoms with Gasteiger partial charge in [-0.2, -0.15) is 0 Å². The first kappa shape index (κ1) is 20.4. The fraction of sp³-hybridized carbons (Fsp3) is 0.591. The molecule has 1 aromatic rings. The number of esters is 1. The molecule has 156 valence electrons. The van der Waals surface area contributed by atoms with E-state index in [1.165, 1.54) is 26.4 Å². The smallest absolute Gasteiger partial charge is 0.306 e. The number of imide groups is 1. The Morgan fingerprint density at radius 3 is 2.48 bits per heavy atom. The Balaban J connectivity index is 1.29. The zero-order valence-electron chi connectivity index (χ0n) is 16.5. The molecule has 4 saturated carbocycles. The van der Waals surface area contributed by atoms with E-state index >= 15 is 0 Å². The Hall–Kier alpha value is -1.89. The van der Waals surface area contributed by atoms with E-state index in [0.717, 1.165) is 19.3 Å². The summed E-state index contributed by atoms with van der Waals surface area (Å²) in [4.78, 5) is 36.8. The zero-order chi connectivity index (χ0) is 20.6. The lowest BCUT2D eigenvalue weighted by Crippen LogP contribution is -2.53. The average molecular weight is 464 g/mol. The van der Waals surface area contributed by atoms with Gasteiger partial charge in [-0.1, -0.05) is 28.1 Å². The molecule has 0 radical (unpaired) electrons. The topological polar surface area (TPSA) is 81.7 Å². The molecule has 4 bridgehead atoms. The van der Waals surface area contributed by atoms with Gasteiger partial charge in [0.25, 0.3) is 11.8 Å². The number of benzene rings is 1. The first-order valence-corrected chi connectivity index (χ1v) is 10.9. The minimum absolute atomic E-state index is 0.00559. The SMILES string of the molecule is COc1ccccc1C(=O)NC(=O)COC(=O)CC12CC3CC(CC(Br)(C3)C1)C2. The van der Waals surface area contributed by atoms with Crippen molar-refractivity contribution < 1.29 is 23.9 Å². The molecule has 2 amide bonds. The molecule has 0 saturated heterocycles. The molecule has 0 aliphatic heterocycles. The predicted octanol–water partition coefficient (Wildman–Crippen LogP) is 3.62. The van der Waals surface area contributed by atoms with E-state index in [9.17, 15) is 14.4 Å². The molecular weight excluding hydrogens is 438 g/mol. The molecule has 7 heteroatoms. The molecule has 0 spiro atoms. The third-order valence-electron chi connectivity index (χ3n) is 6.60. The van der Waals surface area contributed by atoms with Crippen LogP contribution in [0.4, 0.5) is 0 Å². The summed E-state index contributed by atoms with van der Waals surface area (Å²) in [6.07, 6.45) is 7.18. The zero-order valence-corrected chi connectivity index (χ0v) is 18.1. The molecular formula is C22H26BrNO5. The first-order chi connectivity index (χ1) is 13.8. The summed E-state index contributed by atoms with van der Waals surface area (Å²) in [7, 11) is 1.46. The van der Waals surface area contributed by atoms with Crippen LogP contribution in [0.25, 0.3) is 0 Å². The van der Waals surface area contributed by atoms with Crippen molar-refractivity contribution in [3.63, 3.8) is 0 Å². The van der Waals surface area contributed by atoms with E-state index in [0.29, 0.717) is 24.0 Å². The van der Waals surface area contributed by atoms with Gasteiger partial charge >= 0.3 is 5.97 Å². The number of hydrogen-bond donors (Lipinski definition) is 1. The van der Waals surface area contributed by atoms with Gasteiger partial charge in [-0.15, -0.1) is 0 Å². The molecule has 1 N–H and O–H groups in total. The summed E-state index contributed by atoms with van der Waals surface area (Å²) >= 11 is 3.94. The van der Waals surface area contributed by atoms with Crippen LogP contribution in [0, 0.1) is 17.3 Å². The van der Waals surface area contributed by atoms with Gasteiger partial charge in [0.1, 0.15) is 5.75 Å². The minimum atomic E-state index is -0.642. The summed E-state index contributed by atoms with van der Waals surface area (Å²) in [5.74, 6) is 0.168. The van der Waals surface area contributed by atoms with Crippen LogP contribution < -0.4 is 10.1 Å². The van der Waals surface area contributed by atoms with Gasteiger partial charge < -0.3 is 9.47 Å². The van der Waals surface area contributed by atoms with Crippen molar-refractivity contribution in [1.82, 2.24) is 5.32 Å². The maximum Gasteiger partial charge on any atom is 0.306 e. The number of carbonyl (C=O) groups is 3. The van der Waals surface area contributed by atoms with Gasteiger partial charge in [0.05, 0.1) is 19.1 Å². The highest BCUT2D eigenvalue weighted by Crippen LogP contribution is 2.65. The van der Waals surface area contributed by atoms with Crippen molar-refractivity contribution in [3.8, 4) is 5.75 Å². The summed E-state index contributed by atoms with van der Waals surface area (Å²) < 4.78 is 10.5. The van der Waals surface area contributed by atoms with Crippen molar-refractivity contribution in [2.24, 2.45) is 17.3 Å². The van der Waals surface area contributed by atoms with E-state index in [1.807, 2.05) is 0 Å². The molecule has 2 atom stereocenters. The Bertz CT molecular complexity index is 824. The lowest BCUT2D eigenvalue weighted by Gasteiger charge is -2.60. The van der Waals surface area contributed by atoms with Crippen LogP contribution in [0.5, 0.6) is 5.75 Å². The van der Waals surface area contributed by atoms with Gasteiger partial charge in [-0.05, 0) is 67.9 Å². The third-order valence-corrected chi connectivity index (χ3v) is 7.53. The van der Waals surface area contributed by atoms with Crippen LogP contribution in [0.1, 0.15) is 55.3 Å². The average Bonchev–Trinajstić information content (AvgIpc) is 2.64. The summed E-state index contributed by atoms with van der Waals surface area (Å²) in [6.45, 7) is -0.456. The van der Waals surface area contributed by atoms with Crippen molar-refractivity contribution in [2.75, 3.05) is 13.7 Å². The maximum absolute atomic E-state index is 12.5. The number of methoxy groups -OCH3 is 1. The van der Waals surface area contributed by atoms with Crippen LogP contribution in [0.15, 0.2) is 24.3 Å². The number of halogens is 1. The molecule has 4 aliphatic rings. The minimum Gasteiger partial charge on any atom is -0.496 e. The normalized spacial score (nSPS) is 31.9. The molecule has 4 fully saturated rings. The number of para-hydroxylation sites is 1. The van der Waals surface area contributed by atoms with Gasteiger partial charge in [-0.25, -0.2) is 0 Å². The molecule has 4 aliphatic carbocycles. The fourth-order valence-corrected chi connectivity index (χ4v) is 7.62. The number of carbonyl (C=O) groups excluding carboxylic acids is 3. The number of rotatable bonds is 6. The summed E-state index contributed by atoms with van der Waals surface area (Å²) in [5.41, 5.74) is 0.250. The summed E-state index contributed by atoms with van der Waals surface area (Å²) in [6, 6.07) is 6.63. The predicted molar refractivity (Wildman–Crippen MR) is 110 cm³/mol. The molecule has 29 heavy (non-hydrogen) atoms. The number of amides is 2. The van der Waals surface area contributed by atoms with E-state index in [-0.39, 0.29) is 21.3 Å². The Labute approximate surface area is 178 Å². The Morgan fingerprint density at radius 2 is 1.83 bits per heavy atom. The largest absolute Gasteiger partial charge is 0.496 e. The van der Waals surface area contributed by atoms with Gasteiger partial charge in [-0.3, -0.25) is 19.7 Å². The van der Waals surface area contributed by atoms with Gasteiger partial charge in [0.15, 0.2) is 6.61 Å². The van der Waals surface area contributed by atoms with Crippen molar-refractivity contribution in [3.05, 3.63) is 29.8 Å². The van der Waals surface area contributed by atoms with E-state index in [1.54, 1.807) is 24.3 Å². The van der Waals surface area contributed by atoms with E-state index in [2.05, 4.69) is 21.2 Å².